The normalized spacial score (nSPS) is 19.2. The van der Waals surface area contributed by atoms with Crippen molar-refractivity contribution >= 4 is 40.9 Å². The number of hydrogen-bond acceptors (Lipinski definition) is 7. The van der Waals surface area contributed by atoms with E-state index in [4.69, 9.17) is 10.4 Å². The molecule has 10 heteroatoms. The maximum Gasteiger partial charge on any atom is 0.321 e. The van der Waals surface area contributed by atoms with E-state index in [0.29, 0.717) is 31.7 Å². The van der Waals surface area contributed by atoms with E-state index in [9.17, 15) is 14.4 Å². The van der Waals surface area contributed by atoms with Gasteiger partial charge in [0.2, 0.25) is 11.8 Å². The summed E-state index contributed by atoms with van der Waals surface area (Å²) in [6, 6.07) is 9.17. The number of carbonyl (C=O) groups excluding carboxylic acids is 2. The molecule has 0 radical (unpaired) electrons. The summed E-state index contributed by atoms with van der Waals surface area (Å²) in [7, 11) is 3.65. The van der Waals surface area contributed by atoms with Crippen LogP contribution in [0, 0.1) is 17.2 Å². The highest BCUT2D eigenvalue weighted by molar-refractivity contribution is 8.01. The van der Waals surface area contributed by atoms with E-state index < -0.39 is 11.9 Å². The zero-order chi connectivity index (χ0) is 23.0. The first kappa shape index (κ1) is 24.5. The van der Waals surface area contributed by atoms with Gasteiger partial charge >= 0.3 is 5.97 Å². The summed E-state index contributed by atoms with van der Waals surface area (Å²) >= 11 is 1.43. The van der Waals surface area contributed by atoms with Crippen LogP contribution in [0.5, 0.6) is 0 Å². The summed E-state index contributed by atoms with van der Waals surface area (Å²) < 4.78 is 0. The molecule has 1 aromatic rings. The van der Waals surface area contributed by atoms with Gasteiger partial charge in [0, 0.05) is 30.9 Å². The Bertz CT molecular complexity index is 841. The Labute approximate surface area is 186 Å². The van der Waals surface area contributed by atoms with Crippen molar-refractivity contribution < 1.29 is 19.5 Å². The van der Waals surface area contributed by atoms with E-state index in [1.54, 1.807) is 15.9 Å². The van der Waals surface area contributed by atoms with Gasteiger partial charge in [-0.3, -0.25) is 14.4 Å². The van der Waals surface area contributed by atoms with Gasteiger partial charge in [-0.05, 0) is 45.6 Å². The van der Waals surface area contributed by atoms with Crippen LogP contribution in [-0.2, 0) is 14.4 Å². The molecule has 0 aromatic heterocycles. The molecule has 1 aromatic carbocycles. The molecule has 3 atom stereocenters. The van der Waals surface area contributed by atoms with Gasteiger partial charge in [0.15, 0.2) is 0 Å². The number of hydrogen-bond donors (Lipinski definition) is 3. The van der Waals surface area contributed by atoms with Crippen molar-refractivity contribution in [3.8, 4) is 6.07 Å². The Morgan fingerprint density at radius 2 is 2.06 bits per heavy atom. The first-order valence-electron chi connectivity index (χ1n) is 10.1. The zero-order valence-corrected chi connectivity index (χ0v) is 18.8. The Morgan fingerprint density at radius 1 is 1.35 bits per heavy atom. The van der Waals surface area contributed by atoms with E-state index in [1.807, 2.05) is 45.3 Å². The minimum atomic E-state index is -1.16. The van der Waals surface area contributed by atoms with Gasteiger partial charge in [-0.25, -0.2) is 0 Å². The number of amides is 2. The first-order valence-corrected chi connectivity index (χ1v) is 11.1. The van der Waals surface area contributed by atoms with Crippen LogP contribution in [0.4, 0.5) is 11.4 Å². The lowest BCUT2D eigenvalue weighted by molar-refractivity contribution is -0.141. The average molecular weight is 448 g/mol. The van der Waals surface area contributed by atoms with Gasteiger partial charge in [0.25, 0.3) is 0 Å². The lowest BCUT2D eigenvalue weighted by Gasteiger charge is -2.22. The van der Waals surface area contributed by atoms with E-state index in [1.165, 1.54) is 11.8 Å². The van der Waals surface area contributed by atoms with E-state index >= 15 is 0 Å². The second-order valence-electron chi connectivity index (χ2n) is 7.54. The summed E-state index contributed by atoms with van der Waals surface area (Å²) in [5.74, 6) is -2.40. The van der Waals surface area contributed by atoms with Crippen LogP contribution in [0.2, 0.25) is 0 Å². The molecule has 1 aliphatic rings. The molecule has 1 fully saturated rings. The minimum absolute atomic E-state index is 0.0221. The van der Waals surface area contributed by atoms with Crippen LogP contribution in [0.25, 0.3) is 0 Å². The maximum absolute atomic E-state index is 12.7. The van der Waals surface area contributed by atoms with Crippen molar-refractivity contribution in [3.63, 3.8) is 0 Å². The number of rotatable bonds is 11. The van der Waals surface area contributed by atoms with Crippen LogP contribution in [0.1, 0.15) is 19.8 Å². The Kier molecular flexibility index (Phi) is 9.15. The van der Waals surface area contributed by atoms with Crippen LogP contribution in [-0.4, -0.2) is 77.0 Å². The molecule has 1 aliphatic heterocycles. The largest absolute Gasteiger partial charge is 0.480 e. The molecule has 0 aliphatic carbocycles. The quantitative estimate of drug-likeness (QED) is 0.470. The van der Waals surface area contributed by atoms with E-state index in [0.717, 1.165) is 5.69 Å². The Morgan fingerprint density at radius 3 is 2.68 bits per heavy atom. The molecule has 3 unspecified atom stereocenters. The van der Waals surface area contributed by atoms with Gasteiger partial charge in [-0.2, -0.15) is 5.26 Å². The Balaban J connectivity index is 1.90. The number of anilines is 2. The van der Waals surface area contributed by atoms with Crippen LogP contribution in [0.15, 0.2) is 24.3 Å². The molecule has 3 N–H and O–H groups in total. The topological polar surface area (TPSA) is 126 Å². The van der Waals surface area contributed by atoms with E-state index in [-0.39, 0.29) is 28.9 Å². The summed E-state index contributed by atoms with van der Waals surface area (Å²) in [5.41, 5.74) is 1.52. The summed E-state index contributed by atoms with van der Waals surface area (Å²) in [5, 5.41) is 23.7. The number of carboxylic acids is 1. The van der Waals surface area contributed by atoms with Crippen LogP contribution in [0.3, 0.4) is 0 Å². The number of nitrogens with one attached hydrogen (secondary N) is 2. The molecule has 0 bridgehead atoms. The second-order valence-corrected chi connectivity index (χ2v) is 8.93. The third-order valence-electron chi connectivity index (χ3n) is 4.80. The molecule has 0 saturated carbocycles. The number of likely N-dealkylation sites (N-methyl/N-ethyl adjacent to an activating group) is 1. The van der Waals surface area contributed by atoms with Crippen molar-refractivity contribution in [2.24, 2.45) is 5.92 Å². The molecule has 1 heterocycles. The van der Waals surface area contributed by atoms with Gasteiger partial charge < -0.3 is 25.5 Å². The van der Waals surface area contributed by atoms with Crippen molar-refractivity contribution in [1.29, 1.82) is 5.26 Å². The molecule has 31 heavy (non-hydrogen) atoms. The number of carbonyl (C=O) groups is 3. The molecule has 0 spiro atoms. The highest BCUT2D eigenvalue weighted by Gasteiger charge is 2.40. The van der Waals surface area contributed by atoms with Gasteiger partial charge in [-0.15, -0.1) is 11.8 Å². The Hall–Kier alpha value is -2.77. The standard InChI is InChI=1S/C21H29N5O4S/c1-4-26-19(10-14(12-22)21(29)30)31-17(20(26)28)8-9-23-15-6-5-7-16(11-15)24-18(27)13-25(2)3/h5-7,11,14,17,19,23H,4,8-10,13H2,1-3H3,(H,24,27)(H,29,30). The van der Waals surface area contributed by atoms with Gasteiger partial charge in [0.05, 0.1) is 23.2 Å². The highest BCUT2D eigenvalue weighted by Crippen LogP contribution is 2.36. The van der Waals surface area contributed by atoms with Crippen LogP contribution >= 0.6 is 11.8 Å². The van der Waals surface area contributed by atoms with Crippen molar-refractivity contribution in [1.82, 2.24) is 9.80 Å². The predicted octanol–water partition coefficient (Wildman–Crippen LogP) is 1.89. The van der Waals surface area contributed by atoms with Crippen molar-refractivity contribution in [2.45, 2.75) is 30.4 Å². The smallest absolute Gasteiger partial charge is 0.321 e. The highest BCUT2D eigenvalue weighted by atomic mass is 32.2. The summed E-state index contributed by atoms with van der Waals surface area (Å²) in [4.78, 5) is 39.2. The number of thioether (sulfide) groups is 1. The summed E-state index contributed by atoms with van der Waals surface area (Å²) in [6.45, 7) is 3.17. The fourth-order valence-corrected chi connectivity index (χ4v) is 4.92. The van der Waals surface area contributed by atoms with Crippen molar-refractivity contribution in [2.75, 3.05) is 44.4 Å². The van der Waals surface area contributed by atoms with Crippen molar-refractivity contribution in [3.05, 3.63) is 24.3 Å². The number of nitrogens with zero attached hydrogens (tertiary/aromatic N) is 3. The zero-order valence-electron chi connectivity index (χ0n) is 18.0. The van der Waals surface area contributed by atoms with Crippen LogP contribution < -0.4 is 10.6 Å². The molecule has 2 amide bonds. The van der Waals surface area contributed by atoms with Gasteiger partial charge in [0.1, 0.15) is 5.92 Å². The lowest BCUT2D eigenvalue weighted by atomic mass is 10.1. The molecule has 9 nitrogen and oxygen atoms in total. The molecular weight excluding hydrogens is 418 g/mol. The second kappa shape index (κ2) is 11.6. The lowest BCUT2D eigenvalue weighted by Crippen LogP contribution is -2.36. The molecule has 168 valence electrons. The maximum atomic E-state index is 12.7. The number of nitriles is 1. The third-order valence-corrected chi connectivity index (χ3v) is 6.33. The number of aliphatic carboxylic acids is 1. The fourth-order valence-electron chi connectivity index (χ4n) is 3.33. The summed E-state index contributed by atoms with van der Waals surface area (Å²) in [6.07, 6.45) is 0.687. The predicted molar refractivity (Wildman–Crippen MR) is 121 cm³/mol. The molecule has 1 saturated heterocycles. The monoisotopic (exact) mass is 447 g/mol. The number of carboxylic acid groups (broad SMARTS) is 1. The fraction of sp³-hybridized carbons (Fsp3) is 0.524. The number of benzene rings is 1. The van der Waals surface area contributed by atoms with E-state index in [2.05, 4.69) is 10.6 Å². The average Bonchev–Trinajstić information content (AvgIpc) is 2.99. The minimum Gasteiger partial charge on any atom is -0.480 e. The van der Waals surface area contributed by atoms with Gasteiger partial charge in [-0.1, -0.05) is 6.07 Å². The first-order chi connectivity index (χ1) is 14.7. The molecule has 2 rings (SSSR count). The molecular formula is C21H29N5O4S. The third kappa shape index (κ3) is 7.15. The SMILES string of the molecule is CCN1C(=O)C(CCNc2cccc(NC(=O)CN(C)C)c2)SC1CC(C#N)C(=O)O.